The molecule has 0 bridgehead atoms. The topological polar surface area (TPSA) is 43.6 Å². The first kappa shape index (κ1) is 30.2. The van der Waals surface area contributed by atoms with Gasteiger partial charge in [-0.05, 0) is 108 Å². The van der Waals surface area contributed by atoms with E-state index in [2.05, 4.69) is 15.0 Å². The van der Waals surface area contributed by atoms with Crippen LogP contribution in [0.3, 0.4) is 0 Å². The first-order chi connectivity index (χ1) is 22.4. The van der Waals surface area contributed by atoms with Crippen molar-refractivity contribution in [3.05, 3.63) is 132 Å². The van der Waals surface area contributed by atoms with E-state index in [1.165, 1.54) is 12.7 Å². The minimum absolute atomic E-state index is 0.398. The van der Waals surface area contributed by atoms with Crippen LogP contribution in [-0.4, -0.2) is 19.5 Å². The van der Waals surface area contributed by atoms with Gasteiger partial charge in [0.1, 0.15) is 12.7 Å². The second-order valence-electron chi connectivity index (χ2n) is 11.4. The highest BCUT2D eigenvalue weighted by Gasteiger charge is 2.32. The van der Waals surface area contributed by atoms with Gasteiger partial charge >= 0.3 is 12.4 Å². The highest BCUT2D eigenvalue weighted by Crippen LogP contribution is 2.41. The highest BCUT2D eigenvalue weighted by atomic mass is 19.4. The van der Waals surface area contributed by atoms with Crippen LogP contribution in [0.5, 0.6) is 0 Å². The monoisotopic (exact) mass is 638 g/mol. The molecule has 0 aliphatic carbocycles. The van der Waals surface area contributed by atoms with Gasteiger partial charge in [-0.1, -0.05) is 36.4 Å². The Kier molecular flexibility index (Phi) is 7.11. The molecule has 0 fully saturated rings. The molecule has 2 aromatic heterocycles. The van der Waals surface area contributed by atoms with Gasteiger partial charge < -0.3 is 4.57 Å². The van der Waals surface area contributed by atoms with Crippen molar-refractivity contribution in [3.63, 3.8) is 0 Å². The summed E-state index contributed by atoms with van der Waals surface area (Å²) in [5.41, 5.74) is 4.30. The van der Waals surface area contributed by atoms with Gasteiger partial charge in [0.2, 0.25) is 0 Å². The summed E-state index contributed by atoms with van der Waals surface area (Å²) in [5.74, 6) is 0.442. The predicted molar refractivity (Wildman–Crippen MR) is 170 cm³/mol. The van der Waals surface area contributed by atoms with Crippen molar-refractivity contribution in [3.8, 4) is 39.3 Å². The zero-order valence-corrected chi connectivity index (χ0v) is 24.9. The average Bonchev–Trinajstić information content (AvgIpc) is 3.36. The number of aryl methyl sites for hydroxylation is 2. The third kappa shape index (κ3) is 5.60. The lowest BCUT2D eigenvalue weighted by molar-refractivity contribution is -0.138. The zero-order chi connectivity index (χ0) is 33.1. The summed E-state index contributed by atoms with van der Waals surface area (Å²) in [6.07, 6.45) is -6.23. The number of fused-ring (bicyclic) bond motifs is 3. The summed E-state index contributed by atoms with van der Waals surface area (Å²) in [5, 5.41) is 1.42. The normalized spacial score (nSPS) is 12.3. The summed E-state index contributed by atoms with van der Waals surface area (Å²) in [6, 6.07) is 26.3. The van der Waals surface area contributed by atoms with Crippen LogP contribution in [0.4, 0.5) is 26.3 Å². The Morgan fingerprint density at radius 2 is 1.02 bits per heavy atom. The molecule has 0 N–H and O–H groups in total. The van der Waals surface area contributed by atoms with Gasteiger partial charge in [-0.15, -0.1) is 0 Å². The number of nitrogens with zero attached hydrogens (tertiary/aromatic N) is 4. The molecule has 4 nitrogen and oxygen atoms in total. The lowest BCUT2D eigenvalue weighted by Gasteiger charge is -2.14. The third-order valence-corrected chi connectivity index (χ3v) is 8.12. The van der Waals surface area contributed by atoms with Gasteiger partial charge in [0.25, 0.3) is 0 Å². The Bertz CT molecular complexity index is 2180. The van der Waals surface area contributed by atoms with E-state index in [9.17, 15) is 26.3 Å². The Labute approximate surface area is 265 Å². The first-order valence-electron chi connectivity index (χ1n) is 14.6. The van der Waals surface area contributed by atoms with Crippen molar-refractivity contribution in [2.75, 3.05) is 0 Å². The van der Waals surface area contributed by atoms with Gasteiger partial charge in [0, 0.05) is 16.3 Å². The lowest BCUT2D eigenvalue weighted by atomic mass is 9.96. The molecule has 47 heavy (non-hydrogen) atoms. The smallest absolute Gasteiger partial charge is 0.309 e. The minimum atomic E-state index is -4.52. The molecule has 0 aliphatic heterocycles. The lowest BCUT2D eigenvalue weighted by Crippen LogP contribution is -2.05. The number of aromatic nitrogens is 4. The number of rotatable bonds is 4. The van der Waals surface area contributed by atoms with E-state index in [-0.39, 0.29) is 0 Å². The van der Waals surface area contributed by atoms with Crippen molar-refractivity contribution in [1.29, 1.82) is 0 Å². The van der Waals surface area contributed by atoms with E-state index in [1.807, 2.05) is 53.1 Å². The summed E-state index contributed by atoms with van der Waals surface area (Å²) < 4.78 is 84.5. The van der Waals surface area contributed by atoms with Crippen molar-refractivity contribution in [1.82, 2.24) is 19.5 Å². The van der Waals surface area contributed by atoms with Gasteiger partial charge in [0.05, 0.1) is 27.8 Å². The minimum Gasteiger partial charge on any atom is -0.309 e. The van der Waals surface area contributed by atoms with E-state index in [1.54, 1.807) is 38.1 Å². The van der Waals surface area contributed by atoms with Crippen LogP contribution >= 0.6 is 0 Å². The van der Waals surface area contributed by atoms with Crippen LogP contribution in [0.25, 0.3) is 61.1 Å². The molecule has 0 unspecified atom stereocenters. The SMILES string of the molecule is Cc1cc(-c2ccc3c(c2)c2cc(-c4cc(C)cc(C(F)(F)F)c4)ccc2n3-c2ccccc2-c2ncncn2)cc(C(F)(F)F)c1. The fraction of sp³-hybridized carbons (Fsp3) is 0.108. The molecular weight excluding hydrogens is 614 g/mol. The molecule has 10 heteroatoms. The van der Waals surface area contributed by atoms with E-state index >= 15 is 0 Å². The second-order valence-corrected chi connectivity index (χ2v) is 11.4. The molecule has 0 amide bonds. The van der Waals surface area contributed by atoms with Crippen molar-refractivity contribution < 1.29 is 26.3 Å². The number of para-hydroxylation sites is 1. The molecule has 0 radical (unpaired) electrons. The maximum Gasteiger partial charge on any atom is 0.416 e. The van der Waals surface area contributed by atoms with E-state index < -0.39 is 23.5 Å². The number of hydrogen-bond donors (Lipinski definition) is 0. The summed E-state index contributed by atoms with van der Waals surface area (Å²) in [7, 11) is 0. The van der Waals surface area contributed by atoms with Gasteiger partial charge in [-0.25, -0.2) is 15.0 Å². The predicted octanol–water partition coefficient (Wildman–Crippen LogP) is 10.6. The molecule has 0 saturated heterocycles. The Morgan fingerprint density at radius 1 is 0.532 bits per heavy atom. The van der Waals surface area contributed by atoms with E-state index in [0.29, 0.717) is 55.5 Å². The van der Waals surface area contributed by atoms with Crippen molar-refractivity contribution in [2.45, 2.75) is 26.2 Å². The van der Waals surface area contributed by atoms with E-state index in [0.717, 1.165) is 41.0 Å². The third-order valence-electron chi connectivity index (χ3n) is 8.12. The van der Waals surface area contributed by atoms with E-state index in [4.69, 9.17) is 0 Å². The summed E-state index contributed by atoms with van der Waals surface area (Å²) >= 11 is 0. The molecule has 0 atom stereocenters. The molecular formula is C37H24F6N4. The van der Waals surface area contributed by atoms with Gasteiger partial charge in [-0.3, -0.25) is 0 Å². The first-order valence-corrected chi connectivity index (χ1v) is 14.6. The van der Waals surface area contributed by atoms with Crippen LogP contribution in [0.2, 0.25) is 0 Å². The number of halogens is 6. The fourth-order valence-electron chi connectivity index (χ4n) is 6.10. The second kappa shape index (κ2) is 11.1. The summed E-state index contributed by atoms with van der Waals surface area (Å²) in [6.45, 7) is 3.23. The standard InChI is InChI=1S/C37H24F6N4/c1-21-11-25(15-27(13-21)36(38,39)40)23-7-9-33-30(17-23)31-18-24(26-12-22(2)14-28(16-26)37(41,42)43)8-10-34(31)47(33)32-6-4-3-5-29(32)35-45-19-44-20-46-35/h3-20H,1-2H3. The van der Waals surface area contributed by atoms with Crippen molar-refractivity contribution >= 4 is 21.8 Å². The van der Waals surface area contributed by atoms with Gasteiger partial charge in [-0.2, -0.15) is 26.3 Å². The molecule has 5 aromatic carbocycles. The van der Waals surface area contributed by atoms with Crippen LogP contribution in [0.15, 0.2) is 110 Å². The molecule has 0 saturated carbocycles. The van der Waals surface area contributed by atoms with Crippen LogP contribution < -0.4 is 0 Å². The molecule has 0 spiro atoms. The Hall–Kier alpha value is -5.51. The molecule has 7 aromatic rings. The fourth-order valence-corrected chi connectivity index (χ4v) is 6.10. The highest BCUT2D eigenvalue weighted by molar-refractivity contribution is 6.12. The number of benzene rings is 5. The average molecular weight is 639 g/mol. The zero-order valence-electron chi connectivity index (χ0n) is 24.9. The Balaban J connectivity index is 1.52. The Morgan fingerprint density at radius 3 is 1.51 bits per heavy atom. The number of hydrogen-bond acceptors (Lipinski definition) is 3. The molecule has 2 heterocycles. The maximum absolute atomic E-state index is 13.7. The largest absolute Gasteiger partial charge is 0.416 e. The molecule has 234 valence electrons. The van der Waals surface area contributed by atoms with Crippen LogP contribution in [0.1, 0.15) is 22.3 Å². The maximum atomic E-state index is 13.7. The van der Waals surface area contributed by atoms with Crippen LogP contribution in [-0.2, 0) is 12.4 Å². The van der Waals surface area contributed by atoms with Crippen molar-refractivity contribution in [2.24, 2.45) is 0 Å². The molecule has 7 rings (SSSR count). The van der Waals surface area contributed by atoms with Crippen LogP contribution in [0, 0.1) is 13.8 Å². The van der Waals surface area contributed by atoms with Gasteiger partial charge in [0.15, 0.2) is 5.82 Å². The quantitative estimate of drug-likeness (QED) is 0.180. The summed E-state index contributed by atoms with van der Waals surface area (Å²) in [4.78, 5) is 12.6. The number of alkyl halides is 6. The molecule has 0 aliphatic rings.